The van der Waals surface area contributed by atoms with Crippen molar-refractivity contribution < 1.29 is 9.66 Å². The molecule has 2 aromatic heterocycles. The van der Waals surface area contributed by atoms with E-state index in [0.29, 0.717) is 28.5 Å². The lowest BCUT2D eigenvalue weighted by atomic mass is 10.1. The van der Waals surface area contributed by atoms with Crippen LogP contribution in [0.5, 0.6) is 11.5 Å². The topological polar surface area (TPSA) is 130 Å². The van der Waals surface area contributed by atoms with E-state index in [-0.39, 0.29) is 17.4 Å². The number of nitrogens with two attached hydrogens (primary N) is 1. The molecule has 3 N–H and O–H groups in total. The number of ether oxygens (including phenoxy) is 1. The van der Waals surface area contributed by atoms with Gasteiger partial charge in [0.15, 0.2) is 0 Å². The van der Waals surface area contributed by atoms with Crippen molar-refractivity contribution in [2.24, 2.45) is 0 Å². The van der Waals surface area contributed by atoms with Crippen LogP contribution in [-0.2, 0) is 0 Å². The number of aromatic nitrogens is 3. The van der Waals surface area contributed by atoms with Crippen LogP contribution in [-0.4, -0.2) is 32.1 Å². The lowest BCUT2D eigenvalue weighted by Gasteiger charge is -2.23. The SMILES string of the molecule is Nc1nccc2c1n(-c1ccc(Oc3ccc([N+](=O)[O-])cc3)cc1)c(=O)n2[C@@H]1CCCNC1. The molecule has 168 valence electrons. The average Bonchev–Trinajstić information content (AvgIpc) is 3.13. The first-order valence-corrected chi connectivity index (χ1v) is 10.6. The maximum atomic E-state index is 13.5. The number of imidazole rings is 1. The van der Waals surface area contributed by atoms with E-state index < -0.39 is 4.92 Å². The van der Waals surface area contributed by atoms with Crippen molar-refractivity contribution in [3.05, 3.63) is 81.4 Å². The van der Waals surface area contributed by atoms with Gasteiger partial charge in [0.1, 0.15) is 22.8 Å². The van der Waals surface area contributed by atoms with E-state index in [9.17, 15) is 14.9 Å². The summed E-state index contributed by atoms with van der Waals surface area (Å²) < 4.78 is 9.18. The molecule has 0 radical (unpaired) electrons. The van der Waals surface area contributed by atoms with Crippen molar-refractivity contribution in [1.82, 2.24) is 19.4 Å². The molecular formula is C23H22N6O4. The molecule has 1 atom stereocenters. The summed E-state index contributed by atoms with van der Waals surface area (Å²) in [5.41, 5.74) is 8.01. The van der Waals surface area contributed by atoms with E-state index in [1.807, 2.05) is 6.07 Å². The Kier molecular flexibility index (Phi) is 5.27. The quantitative estimate of drug-likeness (QED) is 0.355. The molecule has 0 amide bonds. The van der Waals surface area contributed by atoms with Crippen molar-refractivity contribution in [1.29, 1.82) is 0 Å². The summed E-state index contributed by atoms with van der Waals surface area (Å²) in [5, 5.41) is 14.2. The first kappa shape index (κ1) is 20.7. The third-order valence-corrected chi connectivity index (χ3v) is 5.83. The number of non-ortho nitro benzene ring substituents is 1. The summed E-state index contributed by atoms with van der Waals surface area (Å²) >= 11 is 0. The molecular weight excluding hydrogens is 424 g/mol. The maximum Gasteiger partial charge on any atom is 0.334 e. The van der Waals surface area contributed by atoms with Gasteiger partial charge in [-0.3, -0.25) is 19.2 Å². The number of nitro benzene ring substituents is 1. The van der Waals surface area contributed by atoms with Gasteiger partial charge >= 0.3 is 5.69 Å². The van der Waals surface area contributed by atoms with Gasteiger partial charge in [0.25, 0.3) is 5.69 Å². The molecule has 0 bridgehead atoms. The summed E-state index contributed by atoms with van der Waals surface area (Å²) in [6, 6.07) is 14.7. The van der Waals surface area contributed by atoms with Crippen molar-refractivity contribution in [2.75, 3.05) is 18.8 Å². The van der Waals surface area contributed by atoms with Gasteiger partial charge in [-0.2, -0.15) is 0 Å². The number of rotatable bonds is 5. The molecule has 0 unspecified atom stereocenters. The maximum absolute atomic E-state index is 13.5. The zero-order valence-corrected chi connectivity index (χ0v) is 17.7. The Balaban J connectivity index is 1.51. The minimum absolute atomic E-state index is 0.00664. The molecule has 4 aromatic rings. The van der Waals surface area contributed by atoms with Crippen LogP contribution >= 0.6 is 0 Å². The number of hydrogen-bond acceptors (Lipinski definition) is 7. The van der Waals surface area contributed by atoms with Crippen LogP contribution in [0.1, 0.15) is 18.9 Å². The van der Waals surface area contributed by atoms with Crippen LogP contribution in [0.15, 0.2) is 65.6 Å². The molecule has 1 aliphatic rings. The van der Waals surface area contributed by atoms with E-state index in [0.717, 1.165) is 31.4 Å². The van der Waals surface area contributed by atoms with Crippen molar-refractivity contribution in [2.45, 2.75) is 18.9 Å². The minimum Gasteiger partial charge on any atom is -0.457 e. The van der Waals surface area contributed by atoms with Crippen LogP contribution < -0.4 is 21.5 Å². The fraction of sp³-hybridized carbons (Fsp3) is 0.217. The summed E-state index contributed by atoms with van der Waals surface area (Å²) in [5.74, 6) is 1.30. The second kappa shape index (κ2) is 8.40. The Morgan fingerprint density at radius 2 is 1.79 bits per heavy atom. The Morgan fingerprint density at radius 3 is 2.42 bits per heavy atom. The third-order valence-electron chi connectivity index (χ3n) is 5.83. The molecule has 10 nitrogen and oxygen atoms in total. The van der Waals surface area contributed by atoms with Gasteiger partial charge in [0, 0.05) is 24.9 Å². The van der Waals surface area contributed by atoms with Crippen molar-refractivity contribution in [3.8, 4) is 17.2 Å². The van der Waals surface area contributed by atoms with E-state index in [1.54, 1.807) is 39.6 Å². The van der Waals surface area contributed by atoms with Crippen molar-refractivity contribution >= 4 is 22.5 Å². The van der Waals surface area contributed by atoms with Gasteiger partial charge in [0.05, 0.1) is 22.2 Å². The minimum atomic E-state index is -0.462. The van der Waals surface area contributed by atoms with Gasteiger partial charge in [0.2, 0.25) is 0 Å². The van der Waals surface area contributed by atoms with Crippen LogP contribution in [0.4, 0.5) is 11.5 Å². The predicted molar refractivity (Wildman–Crippen MR) is 124 cm³/mol. The van der Waals surface area contributed by atoms with Crippen LogP contribution in [0.25, 0.3) is 16.7 Å². The van der Waals surface area contributed by atoms with E-state index in [2.05, 4.69) is 10.3 Å². The summed E-state index contributed by atoms with van der Waals surface area (Å²) in [4.78, 5) is 28.1. The second-order valence-corrected chi connectivity index (χ2v) is 7.90. The number of anilines is 1. The smallest absolute Gasteiger partial charge is 0.334 e. The number of piperidine rings is 1. The van der Waals surface area contributed by atoms with Crippen LogP contribution in [0.2, 0.25) is 0 Å². The Morgan fingerprint density at radius 1 is 1.09 bits per heavy atom. The fourth-order valence-corrected chi connectivity index (χ4v) is 4.27. The summed E-state index contributed by atoms with van der Waals surface area (Å²) in [6.07, 6.45) is 3.53. The second-order valence-electron chi connectivity index (χ2n) is 7.90. The van der Waals surface area contributed by atoms with E-state index in [4.69, 9.17) is 10.5 Å². The highest BCUT2D eigenvalue weighted by atomic mass is 16.6. The number of hydrogen-bond donors (Lipinski definition) is 2. The molecule has 10 heteroatoms. The number of benzene rings is 2. The lowest BCUT2D eigenvalue weighted by molar-refractivity contribution is -0.384. The highest BCUT2D eigenvalue weighted by Crippen LogP contribution is 2.28. The first-order chi connectivity index (χ1) is 16.0. The first-order valence-electron chi connectivity index (χ1n) is 10.6. The number of nitrogen functional groups attached to an aromatic ring is 1. The van der Waals surface area contributed by atoms with Crippen molar-refractivity contribution in [3.63, 3.8) is 0 Å². The number of nitrogens with one attached hydrogen (secondary N) is 1. The Hall–Kier alpha value is -4.18. The van der Waals surface area contributed by atoms with Gasteiger partial charge in [-0.05, 0) is 61.9 Å². The number of pyridine rings is 1. The molecule has 0 spiro atoms. The number of nitro groups is 1. The fourth-order valence-electron chi connectivity index (χ4n) is 4.27. The van der Waals surface area contributed by atoms with Gasteiger partial charge in [-0.25, -0.2) is 9.78 Å². The van der Waals surface area contributed by atoms with Gasteiger partial charge < -0.3 is 15.8 Å². The highest BCUT2D eigenvalue weighted by Gasteiger charge is 2.24. The molecule has 3 heterocycles. The summed E-state index contributed by atoms with van der Waals surface area (Å²) in [6.45, 7) is 1.67. The third kappa shape index (κ3) is 3.80. The highest BCUT2D eigenvalue weighted by molar-refractivity contribution is 5.87. The molecule has 5 rings (SSSR count). The normalized spacial score (nSPS) is 16.1. The molecule has 0 aliphatic carbocycles. The lowest BCUT2D eigenvalue weighted by Crippen LogP contribution is -2.36. The van der Waals surface area contributed by atoms with Crippen LogP contribution in [0.3, 0.4) is 0 Å². The molecule has 2 aromatic carbocycles. The zero-order valence-electron chi connectivity index (χ0n) is 17.7. The molecule has 0 saturated carbocycles. The summed E-state index contributed by atoms with van der Waals surface area (Å²) in [7, 11) is 0. The molecule has 1 aliphatic heterocycles. The standard InChI is InChI=1S/C23H22N6O4/c24-22-21-20(11-13-26-22)27(17-2-1-12-25-14-17)23(30)28(21)15-3-7-18(8-4-15)33-19-9-5-16(6-10-19)29(31)32/h3-11,13,17,25H,1-2,12,14H2,(H2,24,26)/t17-/m1/s1. The molecule has 1 fully saturated rings. The Bertz CT molecular complexity index is 1370. The van der Waals surface area contributed by atoms with E-state index in [1.165, 1.54) is 24.3 Å². The molecule has 1 saturated heterocycles. The average molecular weight is 446 g/mol. The largest absolute Gasteiger partial charge is 0.457 e. The molecule has 33 heavy (non-hydrogen) atoms. The monoisotopic (exact) mass is 446 g/mol. The number of fused-ring (bicyclic) bond motifs is 1. The van der Waals surface area contributed by atoms with Gasteiger partial charge in [-0.1, -0.05) is 0 Å². The number of nitrogens with zero attached hydrogens (tertiary/aromatic N) is 4. The van der Waals surface area contributed by atoms with E-state index >= 15 is 0 Å². The Labute approximate surface area is 188 Å². The predicted octanol–water partition coefficient (Wildman–Crippen LogP) is 3.39. The zero-order chi connectivity index (χ0) is 22.9. The van der Waals surface area contributed by atoms with Gasteiger partial charge in [-0.15, -0.1) is 0 Å². The van der Waals surface area contributed by atoms with Crippen LogP contribution in [0, 0.1) is 10.1 Å².